The minimum Gasteiger partial charge on any atom is -0.497 e. The highest BCUT2D eigenvalue weighted by molar-refractivity contribution is 5.89. The molecule has 0 saturated carbocycles. The van der Waals surface area contributed by atoms with Crippen molar-refractivity contribution in [2.45, 2.75) is 6.61 Å². The second-order valence-corrected chi connectivity index (χ2v) is 2.47. The van der Waals surface area contributed by atoms with Gasteiger partial charge in [0.25, 0.3) is 0 Å². The van der Waals surface area contributed by atoms with E-state index in [0.29, 0.717) is 5.75 Å². The van der Waals surface area contributed by atoms with E-state index in [9.17, 15) is 9.90 Å². The van der Waals surface area contributed by atoms with Gasteiger partial charge < -0.3 is 9.84 Å². The summed E-state index contributed by atoms with van der Waals surface area (Å²) in [5.74, 6) is -0.593. The molecule has 0 bridgehead atoms. The van der Waals surface area contributed by atoms with E-state index in [1.807, 2.05) is 0 Å². The van der Waals surface area contributed by atoms with Crippen LogP contribution in [0.25, 0.3) is 0 Å². The molecule has 1 aromatic carbocycles. The monoisotopic (exact) mass is 181 g/mol. The largest absolute Gasteiger partial charge is 0.497 e. The van der Waals surface area contributed by atoms with E-state index in [4.69, 9.17) is 9.84 Å². The van der Waals surface area contributed by atoms with Crippen LogP contribution >= 0.6 is 0 Å². The second kappa shape index (κ2) is 3.91. The number of hydrogen-bond donors (Lipinski definition) is 1. The highest BCUT2D eigenvalue weighted by Crippen LogP contribution is 2.17. The minimum absolute atomic E-state index is 0.0378. The average molecular weight is 181 g/mol. The van der Waals surface area contributed by atoms with Gasteiger partial charge in [0.1, 0.15) is 12.4 Å². The van der Waals surface area contributed by atoms with Gasteiger partial charge in [-0.15, -0.1) is 0 Å². The molecule has 1 radical (unpaired) electrons. The molecule has 0 aliphatic carbocycles. The number of carbonyl (C=O) groups is 1. The summed E-state index contributed by atoms with van der Waals surface area (Å²) in [6.45, 7) is -0.557. The van der Waals surface area contributed by atoms with Gasteiger partial charge in [0.2, 0.25) is 0 Å². The molecule has 0 atom stereocenters. The van der Waals surface area contributed by atoms with Crippen LogP contribution in [-0.4, -0.2) is 18.2 Å². The van der Waals surface area contributed by atoms with Crippen LogP contribution in [0.4, 0.5) is 0 Å². The maximum atomic E-state index is 10.6. The SMILES string of the molecule is COc1ccc(C(=O)O)c(C[O])c1. The second-order valence-electron chi connectivity index (χ2n) is 2.47. The molecular formula is C9H9O4. The minimum atomic E-state index is -1.09. The number of ether oxygens (including phenoxy) is 1. The molecular weight excluding hydrogens is 172 g/mol. The first-order valence-corrected chi connectivity index (χ1v) is 3.67. The molecule has 0 aliphatic rings. The van der Waals surface area contributed by atoms with Crippen molar-refractivity contribution in [3.05, 3.63) is 29.3 Å². The molecule has 69 valence electrons. The van der Waals surface area contributed by atoms with Crippen LogP contribution in [0.2, 0.25) is 0 Å². The van der Waals surface area contributed by atoms with Crippen LogP contribution in [0.3, 0.4) is 0 Å². The van der Waals surface area contributed by atoms with Gasteiger partial charge in [0.05, 0.1) is 12.7 Å². The van der Waals surface area contributed by atoms with Crippen LogP contribution in [0.15, 0.2) is 18.2 Å². The molecule has 0 fully saturated rings. The lowest BCUT2D eigenvalue weighted by Gasteiger charge is -2.04. The summed E-state index contributed by atoms with van der Waals surface area (Å²) < 4.78 is 4.86. The lowest BCUT2D eigenvalue weighted by atomic mass is 10.1. The van der Waals surface area contributed by atoms with E-state index in [0.717, 1.165) is 0 Å². The predicted molar refractivity (Wildman–Crippen MR) is 44.3 cm³/mol. The van der Waals surface area contributed by atoms with Gasteiger partial charge in [-0.25, -0.2) is 9.90 Å². The van der Waals surface area contributed by atoms with Gasteiger partial charge in [-0.2, -0.15) is 0 Å². The molecule has 0 heterocycles. The maximum absolute atomic E-state index is 10.6. The number of rotatable bonds is 3. The van der Waals surface area contributed by atoms with E-state index in [1.165, 1.54) is 25.3 Å². The Morgan fingerprint density at radius 3 is 2.69 bits per heavy atom. The Bertz CT molecular complexity index is 319. The first kappa shape index (κ1) is 9.54. The van der Waals surface area contributed by atoms with Crippen LogP contribution in [0.1, 0.15) is 15.9 Å². The van der Waals surface area contributed by atoms with E-state index < -0.39 is 12.6 Å². The van der Waals surface area contributed by atoms with Crippen molar-refractivity contribution in [3.8, 4) is 5.75 Å². The number of carboxylic acids is 1. The molecule has 4 heteroatoms. The van der Waals surface area contributed by atoms with Crippen molar-refractivity contribution in [2.24, 2.45) is 0 Å². The zero-order valence-corrected chi connectivity index (χ0v) is 7.11. The van der Waals surface area contributed by atoms with E-state index in [2.05, 4.69) is 0 Å². The number of aromatic carboxylic acids is 1. The third-order valence-electron chi connectivity index (χ3n) is 1.70. The third kappa shape index (κ3) is 1.97. The van der Waals surface area contributed by atoms with E-state index in [1.54, 1.807) is 0 Å². The van der Waals surface area contributed by atoms with Crippen molar-refractivity contribution < 1.29 is 19.7 Å². The molecule has 0 saturated heterocycles. The fraction of sp³-hybridized carbons (Fsp3) is 0.222. The summed E-state index contributed by atoms with van der Waals surface area (Å²) >= 11 is 0. The molecule has 0 spiro atoms. The van der Waals surface area contributed by atoms with Gasteiger partial charge >= 0.3 is 5.97 Å². The Balaban J connectivity index is 3.15. The van der Waals surface area contributed by atoms with E-state index >= 15 is 0 Å². The molecule has 1 rings (SSSR count). The number of hydrogen-bond acceptors (Lipinski definition) is 2. The third-order valence-corrected chi connectivity index (χ3v) is 1.70. The Kier molecular flexibility index (Phi) is 2.87. The molecule has 4 nitrogen and oxygen atoms in total. The van der Waals surface area contributed by atoms with Crippen molar-refractivity contribution in [3.63, 3.8) is 0 Å². The Labute approximate surface area is 75.4 Å². The van der Waals surface area contributed by atoms with Crippen molar-refractivity contribution in [1.82, 2.24) is 0 Å². The zero-order valence-electron chi connectivity index (χ0n) is 7.11. The average Bonchev–Trinajstić information content (AvgIpc) is 2.16. The van der Waals surface area contributed by atoms with Gasteiger partial charge in [-0.05, 0) is 23.8 Å². The summed E-state index contributed by atoms with van der Waals surface area (Å²) in [5, 5.41) is 19.3. The smallest absolute Gasteiger partial charge is 0.336 e. The Morgan fingerprint density at radius 1 is 1.54 bits per heavy atom. The molecule has 1 N–H and O–H groups in total. The molecule has 0 amide bonds. The first-order valence-electron chi connectivity index (χ1n) is 3.67. The van der Waals surface area contributed by atoms with Gasteiger partial charge in [0, 0.05) is 0 Å². The predicted octanol–water partition coefficient (Wildman–Crippen LogP) is 1.32. The number of methoxy groups -OCH3 is 1. The fourth-order valence-electron chi connectivity index (χ4n) is 1.03. The topological polar surface area (TPSA) is 66.4 Å². The maximum Gasteiger partial charge on any atom is 0.336 e. The highest BCUT2D eigenvalue weighted by atomic mass is 16.5. The molecule has 0 aromatic heterocycles. The van der Waals surface area contributed by atoms with Gasteiger partial charge in [-0.1, -0.05) is 0 Å². The van der Waals surface area contributed by atoms with Crippen molar-refractivity contribution >= 4 is 5.97 Å². The van der Waals surface area contributed by atoms with Gasteiger partial charge in [-0.3, -0.25) is 0 Å². The fourth-order valence-corrected chi connectivity index (χ4v) is 1.03. The molecule has 0 aliphatic heterocycles. The summed E-state index contributed by atoms with van der Waals surface area (Å²) in [6, 6.07) is 4.33. The number of carboxylic acid groups (broad SMARTS) is 1. The quantitative estimate of drug-likeness (QED) is 0.764. The van der Waals surface area contributed by atoms with Crippen molar-refractivity contribution in [2.75, 3.05) is 7.11 Å². The van der Waals surface area contributed by atoms with Crippen molar-refractivity contribution in [1.29, 1.82) is 0 Å². The lowest BCUT2D eigenvalue weighted by Crippen LogP contribution is -2.02. The van der Waals surface area contributed by atoms with Gasteiger partial charge in [0.15, 0.2) is 0 Å². The first-order chi connectivity index (χ1) is 6.19. The standard InChI is InChI=1S/C9H9O4/c1-13-7-2-3-8(9(11)12)6(4-7)5-10/h2-4H,5H2,1H3,(H,11,12). The summed E-state index contributed by atoms with van der Waals surface area (Å²) in [5.41, 5.74) is 0.280. The van der Waals surface area contributed by atoms with Crippen LogP contribution in [0.5, 0.6) is 5.75 Å². The molecule has 13 heavy (non-hydrogen) atoms. The zero-order chi connectivity index (χ0) is 9.84. The normalized spacial score (nSPS) is 9.69. The highest BCUT2D eigenvalue weighted by Gasteiger charge is 2.10. The van der Waals surface area contributed by atoms with Crippen LogP contribution < -0.4 is 4.74 Å². The van der Waals surface area contributed by atoms with Crippen LogP contribution in [-0.2, 0) is 11.7 Å². The number of benzene rings is 1. The molecule has 1 aromatic rings. The Morgan fingerprint density at radius 2 is 2.23 bits per heavy atom. The summed E-state index contributed by atoms with van der Waals surface area (Å²) in [6.07, 6.45) is 0. The summed E-state index contributed by atoms with van der Waals surface area (Å²) in [4.78, 5) is 10.6. The van der Waals surface area contributed by atoms with E-state index in [-0.39, 0.29) is 11.1 Å². The lowest BCUT2D eigenvalue weighted by molar-refractivity contribution is 0.0690. The molecule has 0 unspecified atom stereocenters. The summed E-state index contributed by atoms with van der Waals surface area (Å²) in [7, 11) is 1.46. The Hall–Kier alpha value is -1.55. The van der Waals surface area contributed by atoms with Crippen LogP contribution in [0, 0.1) is 0 Å².